The van der Waals surface area contributed by atoms with E-state index in [4.69, 9.17) is 0 Å². The summed E-state index contributed by atoms with van der Waals surface area (Å²) in [6.45, 7) is 3.42. The molecule has 1 aromatic carbocycles. The van der Waals surface area contributed by atoms with Gasteiger partial charge in [0.25, 0.3) is 0 Å². The first-order valence-corrected chi connectivity index (χ1v) is 8.80. The maximum absolute atomic E-state index is 13.2. The summed E-state index contributed by atoms with van der Waals surface area (Å²) in [7, 11) is 0. The van der Waals surface area contributed by atoms with E-state index in [0.29, 0.717) is 6.54 Å². The van der Waals surface area contributed by atoms with Crippen molar-refractivity contribution >= 4 is 17.5 Å². The lowest BCUT2D eigenvalue weighted by Crippen LogP contribution is -2.44. The maximum Gasteiger partial charge on any atom is 0.230 e. The van der Waals surface area contributed by atoms with Gasteiger partial charge in [-0.15, -0.1) is 0 Å². The van der Waals surface area contributed by atoms with Gasteiger partial charge < -0.3 is 14.8 Å². The van der Waals surface area contributed by atoms with Crippen molar-refractivity contribution in [3.05, 3.63) is 48.0 Å². The minimum atomic E-state index is -0.382. The van der Waals surface area contributed by atoms with E-state index in [2.05, 4.69) is 14.9 Å². The molecule has 2 atom stereocenters. The monoisotopic (exact) mass is 338 g/mol. The highest BCUT2D eigenvalue weighted by Crippen LogP contribution is 2.34. The first-order chi connectivity index (χ1) is 12.1. The number of likely N-dealkylation sites (tertiary alicyclic amines) is 1. The molecule has 2 amide bonds. The number of nitrogens with one attached hydrogen (secondary N) is 1. The van der Waals surface area contributed by atoms with Gasteiger partial charge in [-0.25, -0.2) is 4.98 Å². The number of nitrogens with zero attached hydrogens (tertiary/aromatic N) is 3. The van der Waals surface area contributed by atoms with Crippen molar-refractivity contribution in [3.63, 3.8) is 0 Å². The van der Waals surface area contributed by atoms with Gasteiger partial charge in [0.1, 0.15) is 5.82 Å². The van der Waals surface area contributed by atoms with Crippen LogP contribution in [-0.2, 0) is 9.59 Å². The second-order valence-corrected chi connectivity index (χ2v) is 6.85. The number of rotatable bonds is 2. The normalized spacial score (nSPS) is 23.1. The fourth-order valence-corrected chi connectivity index (χ4v) is 4.01. The number of aryl methyl sites for hydroxylation is 1. The second kappa shape index (κ2) is 6.35. The van der Waals surface area contributed by atoms with Crippen LogP contribution in [0.3, 0.4) is 0 Å². The smallest absolute Gasteiger partial charge is 0.230 e. The molecule has 1 fully saturated rings. The Morgan fingerprint density at radius 2 is 2.16 bits per heavy atom. The Morgan fingerprint density at radius 3 is 2.96 bits per heavy atom. The molecule has 2 unspecified atom stereocenters. The van der Waals surface area contributed by atoms with Crippen molar-refractivity contribution in [2.75, 3.05) is 18.4 Å². The first-order valence-electron chi connectivity index (χ1n) is 8.80. The molecule has 2 aliphatic rings. The summed E-state index contributed by atoms with van der Waals surface area (Å²) in [6.07, 6.45) is 6.02. The van der Waals surface area contributed by atoms with E-state index in [1.807, 2.05) is 42.3 Å². The van der Waals surface area contributed by atoms with Gasteiger partial charge in [0.15, 0.2) is 0 Å². The maximum atomic E-state index is 13.2. The molecular formula is C19H22N4O2. The highest BCUT2D eigenvalue weighted by Gasteiger charge is 2.35. The summed E-state index contributed by atoms with van der Waals surface area (Å²) in [5.74, 6) is 0.565. The summed E-state index contributed by atoms with van der Waals surface area (Å²) >= 11 is 0. The fourth-order valence-electron chi connectivity index (χ4n) is 4.01. The quantitative estimate of drug-likeness (QED) is 0.915. The number of hydrogen-bond acceptors (Lipinski definition) is 3. The van der Waals surface area contributed by atoms with Crippen LogP contribution in [0.5, 0.6) is 0 Å². The minimum Gasteiger partial charge on any atom is -0.340 e. The van der Waals surface area contributed by atoms with Crippen LogP contribution in [0.2, 0.25) is 0 Å². The molecule has 0 bridgehead atoms. The van der Waals surface area contributed by atoms with E-state index in [0.717, 1.165) is 36.5 Å². The molecule has 2 aliphatic heterocycles. The van der Waals surface area contributed by atoms with Crippen LogP contribution < -0.4 is 5.32 Å². The minimum absolute atomic E-state index is 0.0600. The topological polar surface area (TPSA) is 67.2 Å². The molecule has 2 aromatic rings. The number of anilines is 1. The summed E-state index contributed by atoms with van der Waals surface area (Å²) < 4.78 is 2.15. The molecule has 1 N–H and O–H groups in total. The number of imidazole rings is 1. The number of carbonyl (C=O) groups excluding carboxylic acids is 2. The summed E-state index contributed by atoms with van der Waals surface area (Å²) in [4.78, 5) is 31.4. The Labute approximate surface area is 146 Å². The Balaban J connectivity index is 1.57. The largest absolute Gasteiger partial charge is 0.340 e. The lowest BCUT2D eigenvalue weighted by Gasteiger charge is -2.37. The molecular weight excluding hydrogens is 316 g/mol. The van der Waals surface area contributed by atoms with Crippen LogP contribution in [0.1, 0.15) is 42.6 Å². The lowest BCUT2D eigenvalue weighted by atomic mass is 9.88. The zero-order valence-corrected chi connectivity index (χ0v) is 14.3. The highest BCUT2D eigenvalue weighted by molar-refractivity contribution is 6.01. The molecule has 130 valence electrons. The van der Waals surface area contributed by atoms with E-state index >= 15 is 0 Å². The van der Waals surface area contributed by atoms with Crippen LogP contribution in [0.4, 0.5) is 5.69 Å². The van der Waals surface area contributed by atoms with Gasteiger partial charge in [0, 0.05) is 37.6 Å². The van der Waals surface area contributed by atoms with Crippen molar-refractivity contribution in [2.24, 2.45) is 0 Å². The summed E-state index contributed by atoms with van der Waals surface area (Å²) in [6, 6.07) is 7.86. The van der Waals surface area contributed by atoms with Gasteiger partial charge in [0.05, 0.1) is 12.0 Å². The molecule has 1 saturated heterocycles. The summed E-state index contributed by atoms with van der Waals surface area (Å²) in [5.41, 5.74) is 1.68. The van der Waals surface area contributed by atoms with Crippen LogP contribution >= 0.6 is 0 Å². The predicted octanol–water partition coefficient (Wildman–Crippen LogP) is 2.48. The standard InChI is InChI=1S/C19H22N4O2/c1-13-20-8-10-23(13)14-5-4-9-22(12-14)19(25)16-11-18(24)21-17-7-3-2-6-15(16)17/h2-3,6-8,10,14,16H,4-5,9,11-12H2,1H3,(H,21,24). The van der Waals surface area contributed by atoms with Gasteiger partial charge in [-0.2, -0.15) is 0 Å². The van der Waals surface area contributed by atoms with Gasteiger partial charge in [0.2, 0.25) is 11.8 Å². The van der Waals surface area contributed by atoms with E-state index in [9.17, 15) is 9.59 Å². The molecule has 4 rings (SSSR count). The number of hydrogen-bond donors (Lipinski definition) is 1. The molecule has 6 nitrogen and oxygen atoms in total. The van der Waals surface area contributed by atoms with E-state index < -0.39 is 0 Å². The highest BCUT2D eigenvalue weighted by atomic mass is 16.2. The number of para-hydroxylation sites is 1. The lowest BCUT2D eigenvalue weighted by molar-refractivity contribution is -0.136. The third-order valence-electron chi connectivity index (χ3n) is 5.26. The Morgan fingerprint density at radius 1 is 1.32 bits per heavy atom. The average Bonchev–Trinajstić information content (AvgIpc) is 3.06. The van der Waals surface area contributed by atoms with Crippen molar-refractivity contribution in [3.8, 4) is 0 Å². The van der Waals surface area contributed by atoms with E-state index in [1.165, 1.54) is 0 Å². The first kappa shape index (κ1) is 15.9. The molecule has 0 saturated carbocycles. The van der Waals surface area contributed by atoms with Gasteiger partial charge >= 0.3 is 0 Å². The molecule has 1 aromatic heterocycles. The zero-order valence-electron chi connectivity index (χ0n) is 14.3. The molecule has 3 heterocycles. The van der Waals surface area contributed by atoms with Crippen LogP contribution in [-0.4, -0.2) is 39.4 Å². The van der Waals surface area contributed by atoms with Crippen LogP contribution in [0, 0.1) is 6.92 Å². The number of amides is 2. The predicted molar refractivity (Wildman–Crippen MR) is 94.2 cm³/mol. The molecule has 0 spiro atoms. The fraction of sp³-hybridized carbons (Fsp3) is 0.421. The Bertz CT molecular complexity index is 813. The zero-order chi connectivity index (χ0) is 17.4. The van der Waals surface area contributed by atoms with E-state index in [-0.39, 0.29) is 30.2 Å². The van der Waals surface area contributed by atoms with Gasteiger partial charge in [-0.1, -0.05) is 18.2 Å². The van der Waals surface area contributed by atoms with Crippen LogP contribution in [0.15, 0.2) is 36.7 Å². The van der Waals surface area contributed by atoms with Crippen molar-refractivity contribution in [1.29, 1.82) is 0 Å². The average molecular weight is 338 g/mol. The van der Waals surface area contributed by atoms with Crippen molar-refractivity contribution in [1.82, 2.24) is 14.5 Å². The molecule has 0 aliphatic carbocycles. The molecule has 6 heteroatoms. The molecule has 0 radical (unpaired) electrons. The third kappa shape index (κ3) is 2.92. The number of aromatic nitrogens is 2. The van der Waals surface area contributed by atoms with Crippen molar-refractivity contribution in [2.45, 2.75) is 38.1 Å². The van der Waals surface area contributed by atoms with Crippen LogP contribution in [0.25, 0.3) is 0 Å². The van der Waals surface area contributed by atoms with Gasteiger partial charge in [-0.3, -0.25) is 9.59 Å². The summed E-state index contributed by atoms with van der Waals surface area (Å²) in [5, 5.41) is 2.86. The van der Waals surface area contributed by atoms with E-state index in [1.54, 1.807) is 6.20 Å². The third-order valence-corrected chi connectivity index (χ3v) is 5.26. The SMILES string of the molecule is Cc1nccn1C1CCCN(C(=O)C2CC(=O)Nc3ccccc32)C1. The van der Waals surface area contributed by atoms with Crippen molar-refractivity contribution < 1.29 is 9.59 Å². The second-order valence-electron chi connectivity index (χ2n) is 6.85. The Kier molecular flexibility index (Phi) is 4.03. The molecule has 25 heavy (non-hydrogen) atoms. The number of piperidine rings is 1. The number of benzene rings is 1. The Hall–Kier alpha value is -2.63. The number of fused-ring (bicyclic) bond motifs is 1. The van der Waals surface area contributed by atoms with Gasteiger partial charge in [-0.05, 0) is 31.4 Å². The number of carbonyl (C=O) groups is 2.